The second-order valence-corrected chi connectivity index (χ2v) is 7.10. The molecule has 30 heavy (non-hydrogen) atoms. The Balaban J connectivity index is 1.50. The van der Waals surface area contributed by atoms with Gasteiger partial charge in [-0.3, -0.25) is 4.79 Å². The second-order valence-electron chi connectivity index (χ2n) is 7.10. The number of fused-ring (bicyclic) bond motifs is 2. The van der Waals surface area contributed by atoms with Crippen molar-refractivity contribution in [2.45, 2.75) is 19.5 Å². The molecule has 2 aromatic heterocycles. The van der Waals surface area contributed by atoms with Crippen LogP contribution < -0.4 is 10.1 Å². The molecule has 0 bridgehead atoms. The van der Waals surface area contributed by atoms with Crippen molar-refractivity contribution in [1.82, 2.24) is 15.3 Å². The van der Waals surface area contributed by atoms with Crippen LogP contribution in [-0.2, 0) is 12.6 Å². The van der Waals surface area contributed by atoms with E-state index in [1.54, 1.807) is 32.2 Å². The molecule has 0 fully saturated rings. The summed E-state index contributed by atoms with van der Waals surface area (Å²) in [5, 5.41) is 4.20. The van der Waals surface area contributed by atoms with Crippen LogP contribution in [0.25, 0.3) is 21.8 Å². The van der Waals surface area contributed by atoms with Gasteiger partial charge in [-0.1, -0.05) is 12.1 Å². The van der Waals surface area contributed by atoms with Gasteiger partial charge in [0.1, 0.15) is 11.4 Å². The van der Waals surface area contributed by atoms with Gasteiger partial charge in [0.05, 0.1) is 18.2 Å². The van der Waals surface area contributed by atoms with Gasteiger partial charge in [0, 0.05) is 28.5 Å². The van der Waals surface area contributed by atoms with Gasteiger partial charge in [-0.2, -0.15) is 13.2 Å². The predicted molar refractivity (Wildman–Crippen MR) is 109 cm³/mol. The van der Waals surface area contributed by atoms with Gasteiger partial charge in [0.25, 0.3) is 5.91 Å². The van der Waals surface area contributed by atoms with Crippen LogP contribution in [0.2, 0.25) is 0 Å². The number of benzene rings is 2. The summed E-state index contributed by atoms with van der Waals surface area (Å²) in [6.45, 7) is 2.03. The average molecular weight is 415 g/mol. The zero-order chi connectivity index (χ0) is 21.5. The molecule has 0 saturated carbocycles. The molecule has 8 heteroatoms. The maximum atomic E-state index is 13.3. The van der Waals surface area contributed by atoms with E-state index in [0.717, 1.165) is 22.5 Å². The zero-order valence-electron chi connectivity index (χ0n) is 16.4. The highest BCUT2D eigenvalue weighted by Gasteiger charge is 2.33. The third-order valence-electron chi connectivity index (χ3n) is 5.19. The maximum absolute atomic E-state index is 13.3. The van der Waals surface area contributed by atoms with E-state index in [2.05, 4.69) is 15.3 Å². The van der Waals surface area contributed by atoms with Crippen LogP contribution >= 0.6 is 0 Å². The van der Waals surface area contributed by atoms with Gasteiger partial charge < -0.3 is 20.0 Å². The summed E-state index contributed by atoms with van der Waals surface area (Å²) in [5.41, 5.74) is 2.04. The molecule has 0 aliphatic heterocycles. The van der Waals surface area contributed by atoms with Crippen molar-refractivity contribution in [3.8, 4) is 5.75 Å². The first-order valence-electron chi connectivity index (χ1n) is 9.40. The van der Waals surface area contributed by atoms with E-state index in [-0.39, 0.29) is 11.4 Å². The summed E-state index contributed by atoms with van der Waals surface area (Å²) in [4.78, 5) is 18.4. The van der Waals surface area contributed by atoms with Crippen molar-refractivity contribution in [2.75, 3.05) is 13.7 Å². The Labute approximate surface area is 170 Å². The fraction of sp³-hybridized carbons (Fsp3) is 0.227. The molecular formula is C22H20F3N3O2. The smallest absolute Gasteiger partial charge is 0.418 e. The largest absolute Gasteiger partial charge is 0.497 e. The van der Waals surface area contributed by atoms with E-state index in [1.165, 1.54) is 6.07 Å². The molecule has 4 aromatic rings. The standard InChI is InChI=1S/C22H20F3N3O2/c1-12-15(16-4-3-5-17(20(16)27-12)22(23,24)25)8-9-26-21(29)19-11-13-10-14(30-2)6-7-18(13)28-19/h3-7,10-11,27-28H,8-9H2,1-2H3,(H,26,29). The zero-order valence-corrected chi connectivity index (χ0v) is 16.4. The van der Waals surface area contributed by atoms with Gasteiger partial charge in [-0.05, 0) is 49.2 Å². The summed E-state index contributed by atoms with van der Waals surface area (Å²) >= 11 is 0. The second kappa shape index (κ2) is 7.44. The SMILES string of the molecule is COc1ccc2[nH]c(C(=O)NCCc3c(C)[nH]c4c(C(F)(F)F)cccc34)cc2c1. The first kappa shape index (κ1) is 19.9. The van der Waals surface area contributed by atoms with Gasteiger partial charge in [-0.25, -0.2) is 0 Å². The van der Waals surface area contributed by atoms with Crippen molar-refractivity contribution in [2.24, 2.45) is 0 Å². The minimum Gasteiger partial charge on any atom is -0.497 e. The number of hydrogen-bond donors (Lipinski definition) is 3. The molecule has 0 aliphatic rings. The first-order chi connectivity index (χ1) is 14.3. The van der Waals surface area contributed by atoms with E-state index in [9.17, 15) is 18.0 Å². The van der Waals surface area contributed by atoms with Crippen molar-refractivity contribution in [1.29, 1.82) is 0 Å². The number of aryl methyl sites for hydroxylation is 1. The lowest BCUT2D eigenvalue weighted by Gasteiger charge is -2.08. The molecule has 156 valence electrons. The summed E-state index contributed by atoms with van der Waals surface area (Å²) in [7, 11) is 1.58. The molecular weight excluding hydrogens is 395 g/mol. The number of para-hydroxylation sites is 1. The van der Waals surface area contributed by atoms with Crippen LogP contribution in [0.1, 0.15) is 27.3 Å². The van der Waals surface area contributed by atoms with Gasteiger partial charge in [-0.15, -0.1) is 0 Å². The van der Waals surface area contributed by atoms with E-state index >= 15 is 0 Å². The third-order valence-corrected chi connectivity index (χ3v) is 5.19. The van der Waals surface area contributed by atoms with Gasteiger partial charge >= 0.3 is 6.18 Å². The Morgan fingerprint density at radius 1 is 1.13 bits per heavy atom. The van der Waals surface area contributed by atoms with E-state index in [4.69, 9.17) is 4.74 Å². The molecule has 0 unspecified atom stereocenters. The highest BCUT2D eigenvalue weighted by molar-refractivity contribution is 5.98. The number of carbonyl (C=O) groups excluding carboxylic acids is 1. The Hall–Kier alpha value is -3.42. The summed E-state index contributed by atoms with van der Waals surface area (Å²) in [6, 6.07) is 11.3. The minimum absolute atomic E-state index is 0.0772. The number of H-pyrrole nitrogens is 2. The number of methoxy groups -OCH3 is 1. The number of halogens is 3. The molecule has 0 saturated heterocycles. The Morgan fingerprint density at radius 2 is 1.93 bits per heavy atom. The number of amides is 1. The summed E-state index contributed by atoms with van der Waals surface area (Å²) in [6.07, 6.45) is -4.02. The predicted octanol–water partition coefficient (Wildman–Crippen LogP) is 4.96. The van der Waals surface area contributed by atoms with Crippen LogP contribution in [0.15, 0.2) is 42.5 Å². The lowest BCUT2D eigenvalue weighted by molar-refractivity contribution is -0.136. The molecule has 2 aromatic carbocycles. The van der Waals surface area contributed by atoms with Crippen molar-refractivity contribution < 1.29 is 22.7 Å². The fourth-order valence-electron chi connectivity index (χ4n) is 3.72. The van der Waals surface area contributed by atoms with Crippen molar-refractivity contribution in [3.63, 3.8) is 0 Å². The molecule has 1 amide bonds. The molecule has 4 rings (SSSR count). The Bertz CT molecular complexity index is 1240. The monoisotopic (exact) mass is 415 g/mol. The normalized spacial score (nSPS) is 11.9. The Kier molecular flexibility index (Phi) is 4.93. The Morgan fingerprint density at radius 3 is 2.67 bits per heavy atom. The number of alkyl halides is 3. The number of nitrogens with one attached hydrogen (secondary N) is 3. The van der Waals surface area contributed by atoms with E-state index < -0.39 is 11.7 Å². The van der Waals surface area contributed by atoms with Crippen LogP contribution in [0.5, 0.6) is 5.75 Å². The third kappa shape index (κ3) is 3.60. The molecule has 0 aliphatic carbocycles. The number of carbonyl (C=O) groups is 1. The van der Waals surface area contributed by atoms with E-state index in [0.29, 0.717) is 35.5 Å². The molecule has 0 atom stereocenters. The molecule has 0 spiro atoms. The maximum Gasteiger partial charge on any atom is 0.418 e. The van der Waals surface area contributed by atoms with Gasteiger partial charge in [0.2, 0.25) is 0 Å². The number of hydrogen-bond acceptors (Lipinski definition) is 2. The molecule has 3 N–H and O–H groups in total. The summed E-state index contributed by atoms with van der Waals surface area (Å²) < 4.78 is 44.9. The lowest BCUT2D eigenvalue weighted by Crippen LogP contribution is -2.26. The number of ether oxygens (including phenoxy) is 1. The average Bonchev–Trinajstić information content (AvgIpc) is 3.27. The van der Waals surface area contributed by atoms with Crippen molar-refractivity contribution >= 4 is 27.7 Å². The number of aromatic amines is 2. The lowest BCUT2D eigenvalue weighted by atomic mass is 10.0. The minimum atomic E-state index is -4.43. The quantitative estimate of drug-likeness (QED) is 0.431. The molecule has 2 heterocycles. The van der Waals surface area contributed by atoms with Crippen LogP contribution in [0.3, 0.4) is 0 Å². The van der Waals surface area contributed by atoms with Crippen LogP contribution in [0, 0.1) is 6.92 Å². The highest BCUT2D eigenvalue weighted by Crippen LogP contribution is 2.36. The van der Waals surface area contributed by atoms with Crippen molar-refractivity contribution in [3.05, 3.63) is 65.0 Å². The van der Waals surface area contributed by atoms with E-state index in [1.807, 2.05) is 12.1 Å². The summed E-state index contributed by atoms with van der Waals surface area (Å²) in [5.74, 6) is 0.417. The van der Waals surface area contributed by atoms with Crippen LogP contribution in [0.4, 0.5) is 13.2 Å². The molecule has 5 nitrogen and oxygen atoms in total. The number of aromatic nitrogens is 2. The molecule has 0 radical (unpaired) electrons. The first-order valence-corrected chi connectivity index (χ1v) is 9.40. The topological polar surface area (TPSA) is 69.9 Å². The highest BCUT2D eigenvalue weighted by atomic mass is 19.4. The number of rotatable bonds is 5. The van der Waals surface area contributed by atoms with Crippen LogP contribution in [-0.4, -0.2) is 29.5 Å². The fourth-order valence-corrected chi connectivity index (χ4v) is 3.72. The van der Waals surface area contributed by atoms with Gasteiger partial charge in [0.15, 0.2) is 0 Å².